The van der Waals surface area contributed by atoms with Crippen LogP contribution in [0.5, 0.6) is 0 Å². The molecular formula is C11H11ClN4O. The van der Waals surface area contributed by atoms with Crippen molar-refractivity contribution in [2.75, 3.05) is 11.9 Å². The average molecular weight is 251 g/mol. The first-order valence-electron chi connectivity index (χ1n) is 5.31. The molecule has 1 unspecified atom stereocenters. The highest BCUT2D eigenvalue weighted by atomic mass is 35.5. The van der Waals surface area contributed by atoms with E-state index in [4.69, 9.17) is 16.9 Å². The largest absolute Gasteiger partial charge is 0.357 e. The highest BCUT2D eigenvalue weighted by Gasteiger charge is 2.23. The molecule has 1 aromatic heterocycles. The number of pyridine rings is 1. The molecule has 1 saturated heterocycles. The molecule has 1 fully saturated rings. The zero-order chi connectivity index (χ0) is 12.3. The number of nitrogens with zero attached hydrogens (tertiary/aromatic N) is 2. The number of amides is 1. The summed E-state index contributed by atoms with van der Waals surface area (Å²) < 4.78 is 0. The second-order valence-corrected chi connectivity index (χ2v) is 4.14. The Labute approximate surface area is 104 Å². The van der Waals surface area contributed by atoms with Crippen LogP contribution >= 0.6 is 11.6 Å². The third-order valence-corrected chi connectivity index (χ3v) is 2.99. The molecule has 0 aromatic carbocycles. The van der Waals surface area contributed by atoms with Gasteiger partial charge in [-0.05, 0) is 18.9 Å². The summed E-state index contributed by atoms with van der Waals surface area (Å²) in [7, 11) is 0. The number of carbonyl (C=O) groups excluding carboxylic acids is 1. The van der Waals surface area contributed by atoms with Gasteiger partial charge in [-0.25, -0.2) is 4.98 Å². The van der Waals surface area contributed by atoms with Crippen molar-refractivity contribution in [2.45, 2.75) is 18.9 Å². The molecule has 17 heavy (non-hydrogen) atoms. The predicted octanol–water partition coefficient (Wildman–Crippen LogP) is 1.30. The lowest BCUT2D eigenvalue weighted by atomic mass is 10.1. The fourth-order valence-corrected chi connectivity index (χ4v) is 1.91. The van der Waals surface area contributed by atoms with Crippen molar-refractivity contribution in [1.29, 1.82) is 5.26 Å². The quantitative estimate of drug-likeness (QED) is 0.829. The summed E-state index contributed by atoms with van der Waals surface area (Å²) in [5, 5.41) is 14.8. The maximum atomic E-state index is 11.6. The van der Waals surface area contributed by atoms with Gasteiger partial charge in [-0.15, -0.1) is 0 Å². The van der Waals surface area contributed by atoms with Crippen molar-refractivity contribution in [3.8, 4) is 6.07 Å². The smallest absolute Gasteiger partial charge is 0.242 e. The molecule has 88 valence electrons. The van der Waals surface area contributed by atoms with E-state index in [1.807, 2.05) is 6.07 Å². The summed E-state index contributed by atoms with van der Waals surface area (Å²) in [6.07, 6.45) is 3.15. The molecule has 1 aromatic rings. The summed E-state index contributed by atoms with van der Waals surface area (Å²) in [4.78, 5) is 15.6. The molecule has 1 atom stereocenters. The van der Waals surface area contributed by atoms with Gasteiger partial charge in [0, 0.05) is 12.7 Å². The van der Waals surface area contributed by atoms with E-state index in [1.165, 1.54) is 12.3 Å². The Hall–Kier alpha value is -1.80. The van der Waals surface area contributed by atoms with Crippen LogP contribution in [0, 0.1) is 11.3 Å². The van der Waals surface area contributed by atoms with Crippen LogP contribution < -0.4 is 10.6 Å². The molecule has 2 N–H and O–H groups in total. The number of rotatable bonds is 2. The van der Waals surface area contributed by atoms with Gasteiger partial charge >= 0.3 is 0 Å². The van der Waals surface area contributed by atoms with E-state index in [0.717, 1.165) is 12.8 Å². The van der Waals surface area contributed by atoms with Gasteiger partial charge in [0.1, 0.15) is 23.0 Å². The van der Waals surface area contributed by atoms with Crippen LogP contribution in [-0.4, -0.2) is 23.5 Å². The van der Waals surface area contributed by atoms with Crippen LogP contribution in [0.1, 0.15) is 18.4 Å². The lowest BCUT2D eigenvalue weighted by molar-refractivity contribution is -0.123. The van der Waals surface area contributed by atoms with Gasteiger partial charge in [0.05, 0.1) is 5.56 Å². The molecule has 0 aliphatic carbocycles. The molecule has 0 spiro atoms. The Balaban J connectivity index is 2.18. The van der Waals surface area contributed by atoms with Gasteiger partial charge in [0.2, 0.25) is 5.91 Å². The molecule has 1 aliphatic rings. The minimum Gasteiger partial charge on any atom is -0.357 e. The van der Waals surface area contributed by atoms with E-state index in [9.17, 15) is 4.79 Å². The van der Waals surface area contributed by atoms with Crippen molar-refractivity contribution >= 4 is 23.3 Å². The Morgan fingerprint density at radius 3 is 3.18 bits per heavy atom. The van der Waals surface area contributed by atoms with Gasteiger partial charge in [-0.2, -0.15) is 5.26 Å². The first-order valence-corrected chi connectivity index (χ1v) is 5.69. The summed E-state index contributed by atoms with van der Waals surface area (Å²) in [5.74, 6) is 0.323. The van der Waals surface area contributed by atoms with Crippen molar-refractivity contribution in [2.24, 2.45) is 0 Å². The molecule has 1 amide bonds. The minimum absolute atomic E-state index is 0.0588. The Morgan fingerprint density at radius 2 is 2.47 bits per heavy atom. The molecule has 0 saturated carbocycles. The summed E-state index contributed by atoms with van der Waals surface area (Å²) in [6, 6.07) is 3.18. The second-order valence-electron chi connectivity index (χ2n) is 3.76. The van der Waals surface area contributed by atoms with E-state index in [2.05, 4.69) is 15.6 Å². The molecular weight excluding hydrogens is 240 g/mol. The minimum atomic E-state index is -0.331. The number of nitrogens with one attached hydrogen (secondary N) is 2. The van der Waals surface area contributed by atoms with Gasteiger partial charge in [0.15, 0.2) is 0 Å². The number of carbonyl (C=O) groups is 1. The van der Waals surface area contributed by atoms with Crippen molar-refractivity contribution in [1.82, 2.24) is 10.3 Å². The highest BCUT2D eigenvalue weighted by molar-refractivity contribution is 6.34. The van der Waals surface area contributed by atoms with Crippen LogP contribution in [-0.2, 0) is 4.79 Å². The van der Waals surface area contributed by atoms with E-state index in [-0.39, 0.29) is 17.0 Å². The monoisotopic (exact) mass is 250 g/mol. The number of hydrogen-bond donors (Lipinski definition) is 2. The van der Waals surface area contributed by atoms with E-state index >= 15 is 0 Å². The lowest BCUT2D eigenvalue weighted by Crippen LogP contribution is -2.44. The van der Waals surface area contributed by atoms with Crippen LogP contribution in [0.4, 0.5) is 5.82 Å². The fraction of sp³-hybridized carbons (Fsp3) is 0.364. The van der Waals surface area contributed by atoms with Crippen molar-refractivity contribution in [3.63, 3.8) is 0 Å². The molecule has 1 aliphatic heterocycles. The lowest BCUT2D eigenvalue weighted by Gasteiger charge is -2.23. The molecule has 0 radical (unpaired) electrons. The predicted molar refractivity (Wildman–Crippen MR) is 63.6 cm³/mol. The van der Waals surface area contributed by atoms with Gasteiger partial charge in [-0.3, -0.25) is 4.79 Å². The highest BCUT2D eigenvalue weighted by Crippen LogP contribution is 2.24. The summed E-state index contributed by atoms with van der Waals surface area (Å²) in [6.45, 7) is 0.705. The number of piperidine rings is 1. The second kappa shape index (κ2) is 5.02. The number of anilines is 1. The standard InChI is InChI=1S/C11H11ClN4O/c12-9-7(6-13)3-5-14-10(9)16-8-2-1-4-15-11(8)17/h3,5,8H,1-2,4H2,(H,14,16)(H,15,17). The summed E-state index contributed by atoms with van der Waals surface area (Å²) in [5.41, 5.74) is 0.348. The third kappa shape index (κ3) is 2.48. The SMILES string of the molecule is N#Cc1ccnc(NC2CCCNC2=O)c1Cl. The topological polar surface area (TPSA) is 77.8 Å². The molecule has 2 rings (SSSR count). The number of hydrogen-bond acceptors (Lipinski definition) is 4. The Kier molecular flexibility index (Phi) is 3.45. The van der Waals surface area contributed by atoms with Crippen LogP contribution in [0.3, 0.4) is 0 Å². The zero-order valence-electron chi connectivity index (χ0n) is 9.03. The van der Waals surface area contributed by atoms with Gasteiger partial charge < -0.3 is 10.6 Å². The zero-order valence-corrected chi connectivity index (χ0v) is 9.79. The Morgan fingerprint density at radius 1 is 1.65 bits per heavy atom. The average Bonchev–Trinajstić information content (AvgIpc) is 2.34. The fourth-order valence-electron chi connectivity index (χ4n) is 1.71. The van der Waals surface area contributed by atoms with E-state index in [1.54, 1.807) is 0 Å². The van der Waals surface area contributed by atoms with E-state index in [0.29, 0.717) is 17.9 Å². The first kappa shape index (κ1) is 11.7. The van der Waals surface area contributed by atoms with Crippen molar-refractivity contribution < 1.29 is 4.79 Å². The number of nitriles is 1. The van der Waals surface area contributed by atoms with Crippen LogP contribution in [0.2, 0.25) is 5.02 Å². The Bertz CT molecular complexity index is 483. The molecule has 6 heteroatoms. The van der Waals surface area contributed by atoms with Crippen LogP contribution in [0.15, 0.2) is 12.3 Å². The van der Waals surface area contributed by atoms with Crippen molar-refractivity contribution in [3.05, 3.63) is 22.8 Å². The third-order valence-electron chi connectivity index (χ3n) is 2.61. The number of halogens is 1. The van der Waals surface area contributed by atoms with Gasteiger partial charge in [-0.1, -0.05) is 11.6 Å². The molecule has 5 nitrogen and oxygen atoms in total. The maximum Gasteiger partial charge on any atom is 0.242 e. The molecule has 0 bridgehead atoms. The summed E-state index contributed by atoms with van der Waals surface area (Å²) >= 11 is 6.00. The van der Waals surface area contributed by atoms with Gasteiger partial charge in [0.25, 0.3) is 0 Å². The first-order chi connectivity index (χ1) is 8.22. The normalized spacial score (nSPS) is 19.3. The van der Waals surface area contributed by atoms with Crippen LogP contribution in [0.25, 0.3) is 0 Å². The van der Waals surface area contributed by atoms with E-state index < -0.39 is 0 Å². The molecule has 2 heterocycles. The maximum absolute atomic E-state index is 11.6. The number of aromatic nitrogens is 1.